The smallest absolute Gasteiger partial charge is 0.0232 e. The molecule has 0 amide bonds. The predicted molar refractivity (Wildman–Crippen MR) is 45.9 cm³/mol. The highest BCUT2D eigenvalue weighted by Gasteiger charge is 2.17. The van der Waals surface area contributed by atoms with E-state index in [-0.39, 0.29) is 0 Å². The molecule has 58 valence electrons. The molecular formula is C10H18. The Balaban J connectivity index is 2.54. The summed E-state index contributed by atoms with van der Waals surface area (Å²) in [5.74, 6) is 1.79. The minimum Gasteiger partial charge on any atom is -0.0882 e. The van der Waals surface area contributed by atoms with Gasteiger partial charge in [-0.05, 0) is 38.0 Å². The van der Waals surface area contributed by atoms with E-state index in [9.17, 15) is 0 Å². The fourth-order valence-electron chi connectivity index (χ4n) is 1.83. The molecule has 0 radical (unpaired) electrons. The van der Waals surface area contributed by atoms with E-state index in [1.165, 1.54) is 19.3 Å². The topological polar surface area (TPSA) is 0 Å². The molecule has 0 aromatic heterocycles. The lowest BCUT2D eigenvalue weighted by Crippen LogP contribution is -2.12. The van der Waals surface area contributed by atoms with Gasteiger partial charge in [-0.15, -0.1) is 0 Å². The van der Waals surface area contributed by atoms with E-state index in [2.05, 4.69) is 26.8 Å². The van der Waals surface area contributed by atoms with E-state index in [1.807, 2.05) is 0 Å². The third-order valence-electron chi connectivity index (χ3n) is 2.68. The summed E-state index contributed by atoms with van der Waals surface area (Å²) in [4.78, 5) is 0. The molecule has 0 bridgehead atoms. The van der Waals surface area contributed by atoms with Gasteiger partial charge in [-0.2, -0.15) is 0 Å². The SMILES string of the molecule is C/C=C1\CC(C)CCC1C. The van der Waals surface area contributed by atoms with Gasteiger partial charge in [0.15, 0.2) is 0 Å². The second-order valence-electron chi connectivity index (χ2n) is 3.65. The van der Waals surface area contributed by atoms with Crippen LogP contribution in [-0.2, 0) is 0 Å². The van der Waals surface area contributed by atoms with Crippen molar-refractivity contribution >= 4 is 0 Å². The molecule has 2 atom stereocenters. The van der Waals surface area contributed by atoms with E-state index < -0.39 is 0 Å². The molecule has 1 aliphatic rings. The Bertz CT molecular complexity index is 133. The van der Waals surface area contributed by atoms with Gasteiger partial charge in [0.1, 0.15) is 0 Å². The lowest BCUT2D eigenvalue weighted by Gasteiger charge is -2.26. The maximum absolute atomic E-state index is 2.36. The maximum atomic E-state index is 2.36. The molecule has 0 aliphatic heterocycles. The van der Waals surface area contributed by atoms with Crippen LogP contribution in [0.2, 0.25) is 0 Å². The summed E-state index contributed by atoms with van der Waals surface area (Å²) in [5.41, 5.74) is 1.68. The lowest BCUT2D eigenvalue weighted by molar-refractivity contribution is 0.386. The molecule has 0 aromatic carbocycles. The molecule has 10 heavy (non-hydrogen) atoms. The average molecular weight is 138 g/mol. The lowest BCUT2D eigenvalue weighted by atomic mass is 9.80. The first-order chi connectivity index (χ1) is 4.74. The van der Waals surface area contributed by atoms with Crippen LogP contribution in [-0.4, -0.2) is 0 Å². The molecule has 2 unspecified atom stereocenters. The van der Waals surface area contributed by atoms with Gasteiger partial charge in [0.2, 0.25) is 0 Å². The third-order valence-corrected chi connectivity index (χ3v) is 2.68. The number of rotatable bonds is 0. The van der Waals surface area contributed by atoms with Crippen LogP contribution < -0.4 is 0 Å². The monoisotopic (exact) mass is 138 g/mol. The van der Waals surface area contributed by atoms with Crippen molar-refractivity contribution in [3.8, 4) is 0 Å². The molecule has 0 heteroatoms. The van der Waals surface area contributed by atoms with Crippen LogP contribution in [0.1, 0.15) is 40.0 Å². The molecule has 0 saturated heterocycles. The standard InChI is InChI=1S/C10H18/c1-4-10-7-8(2)5-6-9(10)3/h4,8-9H,5-7H2,1-3H3/b10-4+. The molecule has 1 fully saturated rings. The first kappa shape index (κ1) is 7.84. The van der Waals surface area contributed by atoms with Crippen molar-refractivity contribution in [1.29, 1.82) is 0 Å². The van der Waals surface area contributed by atoms with Gasteiger partial charge < -0.3 is 0 Å². The summed E-state index contributed by atoms with van der Waals surface area (Å²) in [6.07, 6.45) is 6.48. The van der Waals surface area contributed by atoms with Crippen LogP contribution >= 0.6 is 0 Å². The highest BCUT2D eigenvalue weighted by atomic mass is 14.2. The van der Waals surface area contributed by atoms with E-state index in [4.69, 9.17) is 0 Å². The molecule has 0 N–H and O–H groups in total. The van der Waals surface area contributed by atoms with Crippen molar-refractivity contribution < 1.29 is 0 Å². The number of hydrogen-bond donors (Lipinski definition) is 0. The Morgan fingerprint density at radius 2 is 2.00 bits per heavy atom. The van der Waals surface area contributed by atoms with Gasteiger partial charge >= 0.3 is 0 Å². The van der Waals surface area contributed by atoms with Crippen LogP contribution in [0.4, 0.5) is 0 Å². The molecule has 1 saturated carbocycles. The largest absolute Gasteiger partial charge is 0.0882 e. The second-order valence-corrected chi connectivity index (χ2v) is 3.65. The Kier molecular flexibility index (Phi) is 2.53. The summed E-state index contributed by atoms with van der Waals surface area (Å²) in [6, 6.07) is 0. The predicted octanol–water partition coefficient (Wildman–Crippen LogP) is 3.39. The molecule has 0 nitrogen and oxygen atoms in total. The fraction of sp³-hybridized carbons (Fsp3) is 0.800. The Hall–Kier alpha value is -0.260. The van der Waals surface area contributed by atoms with Gasteiger partial charge in [0.05, 0.1) is 0 Å². The van der Waals surface area contributed by atoms with Gasteiger partial charge in [-0.25, -0.2) is 0 Å². The summed E-state index contributed by atoms with van der Waals surface area (Å²) in [7, 11) is 0. The number of allylic oxidation sites excluding steroid dienone is 2. The fourth-order valence-corrected chi connectivity index (χ4v) is 1.83. The highest BCUT2D eigenvalue weighted by Crippen LogP contribution is 2.32. The molecule has 0 aromatic rings. The van der Waals surface area contributed by atoms with Crippen molar-refractivity contribution in [3.05, 3.63) is 11.6 Å². The van der Waals surface area contributed by atoms with E-state index in [0.29, 0.717) is 0 Å². The quantitative estimate of drug-likeness (QED) is 0.450. The molecule has 1 aliphatic carbocycles. The zero-order chi connectivity index (χ0) is 7.56. The first-order valence-corrected chi connectivity index (χ1v) is 4.39. The van der Waals surface area contributed by atoms with E-state index >= 15 is 0 Å². The molecular weight excluding hydrogens is 120 g/mol. The normalized spacial score (nSPS) is 38.5. The van der Waals surface area contributed by atoms with Gasteiger partial charge in [0, 0.05) is 0 Å². The van der Waals surface area contributed by atoms with Gasteiger partial charge in [-0.3, -0.25) is 0 Å². The minimum atomic E-state index is 0.862. The van der Waals surface area contributed by atoms with Crippen LogP contribution in [0, 0.1) is 11.8 Å². The zero-order valence-electron chi connectivity index (χ0n) is 7.35. The summed E-state index contributed by atoms with van der Waals surface area (Å²) < 4.78 is 0. The highest BCUT2D eigenvalue weighted by molar-refractivity contribution is 5.07. The van der Waals surface area contributed by atoms with Crippen LogP contribution in [0.5, 0.6) is 0 Å². The van der Waals surface area contributed by atoms with E-state index in [0.717, 1.165) is 11.8 Å². The van der Waals surface area contributed by atoms with Crippen molar-refractivity contribution in [2.24, 2.45) is 11.8 Å². The number of hydrogen-bond acceptors (Lipinski definition) is 0. The third kappa shape index (κ3) is 1.62. The Labute approximate surface area is 64.3 Å². The summed E-state index contributed by atoms with van der Waals surface area (Å²) in [6.45, 7) is 6.88. The van der Waals surface area contributed by atoms with Crippen molar-refractivity contribution in [2.75, 3.05) is 0 Å². The average Bonchev–Trinajstić information content (AvgIpc) is 1.94. The van der Waals surface area contributed by atoms with Crippen LogP contribution in [0.25, 0.3) is 0 Å². The first-order valence-electron chi connectivity index (χ1n) is 4.39. The Morgan fingerprint density at radius 1 is 1.30 bits per heavy atom. The minimum absolute atomic E-state index is 0.862. The second kappa shape index (κ2) is 3.23. The van der Waals surface area contributed by atoms with Crippen molar-refractivity contribution in [2.45, 2.75) is 40.0 Å². The Morgan fingerprint density at radius 3 is 2.50 bits per heavy atom. The van der Waals surface area contributed by atoms with Crippen molar-refractivity contribution in [1.82, 2.24) is 0 Å². The van der Waals surface area contributed by atoms with Gasteiger partial charge in [-0.1, -0.05) is 25.5 Å². The zero-order valence-corrected chi connectivity index (χ0v) is 7.35. The van der Waals surface area contributed by atoms with E-state index in [1.54, 1.807) is 5.57 Å². The van der Waals surface area contributed by atoms with Crippen LogP contribution in [0.15, 0.2) is 11.6 Å². The maximum Gasteiger partial charge on any atom is -0.0232 e. The summed E-state index contributed by atoms with van der Waals surface area (Å²) in [5, 5.41) is 0. The van der Waals surface area contributed by atoms with Crippen LogP contribution in [0.3, 0.4) is 0 Å². The molecule has 1 rings (SSSR count). The summed E-state index contributed by atoms with van der Waals surface area (Å²) >= 11 is 0. The molecule has 0 spiro atoms. The van der Waals surface area contributed by atoms with Crippen molar-refractivity contribution in [3.63, 3.8) is 0 Å². The molecule has 0 heterocycles. The van der Waals surface area contributed by atoms with Gasteiger partial charge in [0.25, 0.3) is 0 Å².